The van der Waals surface area contributed by atoms with E-state index in [0.717, 1.165) is 91.4 Å². The molecule has 0 fully saturated rings. The Kier molecular flexibility index (Phi) is 47.1. The fraction of sp³-hybridized carbons (Fsp3) is 1.00. The molecule has 0 nitrogen and oxygen atoms in total. The van der Waals surface area contributed by atoms with Crippen molar-refractivity contribution in [2.45, 2.75) is 36.2 Å². The van der Waals surface area contributed by atoms with E-state index in [2.05, 4.69) is 148 Å². The number of thioether (sulfide) groups is 6. The SMILES string of the molecule is SCCSCC(CCS)CSCC(CCS)SCCS.SCCSCC(CCS)CSCC(CCS)SCCS. The van der Waals surface area contributed by atoms with Crippen LogP contribution in [0, 0.1) is 11.8 Å². The van der Waals surface area contributed by atoms with Crippen LogP contribution in [0.4, 0.5) is 0 Å². The molecule has 0 aliphatic rings. The first-order valence-electron chi connectivity index (χ1n) is 14.0. The van der Waals surface area contributed by atoms with Crippen LogP contribution in [0.2, 0.25) is 0 Å². The summed E-state index contributed by atoms with van der Waals surface area (Å²) >= 11 is 47.1. The van der Waals surface area contributed by atoms with Crippen molar-refractivity contribution < 1.29 is 0 Å². The van der Waals surface area contributed by atoms with E-state index in [1.807, 2.05) is 23.5 Å². The summed E-state index contributed by atoms with van der Waals surface area (Å²) in [4.78, 5) is 0. The van der Waals surface area contributed by atoms with Gasteiger partial charge in [0, 0.05) is 45.0 Å². The molecule has 0 amide bonds. The molecule has 4 unspecified atom stereocenters. The average molecular weight is 818 g/mol. The van der Waals surface area contributed by atoms with Gasteiger partial charge in [-0.1, -0.05) is 0 Å². The van der Waals surface area contributed by atoms with Gasteiger partial charge >= 0.3 is 0 Å². The molecule has 0 aromatic rings. The highest BCUT2D eigenvalue weighted by Gasteiger charge is 2.13. The zero-order valence-corrected chi connectivity index (χ0v) is 35.9. The third kappa shape index (κ3) is 34.2. The maximum atomic E-state index is 4.39. The molecule has 0 rings (SSSR count). The van der Waals surface area contributed by atoms with Crippen LogP contribution < -0.4 is 0 Å². The zero-order valence-electron chi connectivity index (χ0n) is 23.9. The highest BCUT2D eigenvalue weighted by molar-refractivity contribution is 8.04. The molecule has 244 valence electrons. The van der Waals surface area contributed by atoms with Crippen molar-refractivity contribution >= 4 is 172 Å². The molecule has 0 saturated heterocycles. The van der Waals surface area contributed by atoms with Crippen LogP contribution >= 0.6 is 172 Å². The molecular weight excluding hydrogens is 761 g/mol. The van der Waals surface area contributed by atoms with Gasteiger partial charge in [0.2, 0.25) is 0 Å². The summed E-state index contributed by atoms with van der Waals surface area (Å²) in [7, 11) is 0. The summed E-state index contributed by atoms with van der Waals surface area (Å²) in [6, 6.07) is 0. The number of hydrogen-bond donors (Lipinski definition) is 8. The quantitative estimate of drug-likeness (QED) is 0.0267. The molecule has 0 saturated carbocycles. The van der Waals surface area contributed by atoms with Crippen molar-refractivity contribution in [2.24, 2.45) is 11.8 Å². The van der Waals surface area contributed by atoms with Gasteiger partial charge in [0.1, 0.15) is 0 Å². The fourth-order valence-electron chi connectivity index (χ4n) is 3.31. The molecule has 14 heteroatoms. The Morgan fingerprint density at radius 1 is 0.325 bits per heavy atom. The van der Waals surface area contributed by atoms with Gasteiger partial charge in [-0.05, 0) is 107 Å². The highest BCUT2D eigenvalue weighted by atomic mass is 32.2. The van der Waals surface area contributed by atoms with Gasteiger partial charge < -0.3 is 0 Å². The van der Waals surface area contributed by atoms with E-state index in [4.69, 9.17) is 0 Å². The Labute approximate surface area is 319 Å². The predicted molar refractivity (Wildman–Crippen MR) is 238 cm³/mol. The van der Waals surface area contributed by atoms with Crippen molar-refractivity contribution in [1.29, 1.82) is 0 Å². The Morgan fingerprint density at radius 3 is 0.950 bits per heavy atom. The lowest BCUT2D eigenvalue weighted by Gasteiger charge is -2.18. The van der Waals surface area contributed by atoms with Gasteiger partial charge in [0.15, 0.2) is 0 Å². The summed E-state index contributed by atoms with van der Waals surface area (Å²) in [6.45, 7) is 0. The maximum Gasteiger partial charge on any atom is 0.0146 e. The lowest BCUT2D eigenvalue weighted by Crippen LogP contribution is -2.13. The monoisotopic (exact) mass is 816 g/mol. The van der Waals surface area contributed by atoms with E-state index in [9.17, 15) is 0 Å². The summed E-state index contributed by atoms with van der Waals surface area (Å²) in [5.41, 5.74) is 0. The van der Waals surface area contributed by atoms with Gasteiger partial charge in [-0.3, -0.25) is 0 Å². The second kappa shape index (κ2) is 40.1. The van der Waals surface area contributed by atoms with Crippen LogP contribution in [0.1, 0.15) is 25.7 Å². The van der Waals surface area contributed by atoms with Crippen LogP contribution in [0.15, 0.2) is 0 Å². The van der Waals surface area contributed by atoms with E-state index in [1.54, 1.807) is 0 Å². The molecule has 0 N–H and O–H groups in total. The standard InChI is InChI=1S/2C13H28S7/c2*14-3-1-12(9-18-7-5-16)10-19-11-13(2-4-15)20-8-6-17/h2*12-17H,1-11H2. The minimum Gasteiger partial charge on any atom is -0.179 e. The average Bonchev–Trinajstić information content (AvgIpc) is 2.95. The topological polar surface area (TPSA) is 0 Å². The zero-order chi connectivity index (χ0) is 30.1. The molecule has 4 atom stereocenters. The molecule has 0 aromatic carbocycles. The van der Waals surface area contributed by atoms with Crippen LogP contribution in [-0.2, 0) is 0 Å². The fourth-order valence-corrected chi connectivity index (χ4v) is 13.7. The first-order valence-corrected chi connectivity index (χ1v) is 25.7. The third-order valence-electron chi connectivity index (χ3n) is 5.36. The smallest absolute Gasteiger partial charge is 0.0146 e. The van der Waals surface area contributed by atoms with Gasteiger partial charge in [0.05, 0.1) is 0 Å². The molecule has 0 bridgehead atoms. The second-order valence-electron chi connectivity index (χ2n) is 8.89. The molecule has 0 aromatic heterocycles. The van der Waals surface area contributed by atoms with Crippen molar-refractivity contribution in [2.75, 3.05) is 104 Å². The van der Waals surface area contributed by atoms with E-state index in [1.165, 1.54) is 60.2 Å². The molecule has 0 aliphatic heterocycles. The number of rotatable bonds is 30. The predicted octanol–water partition coefficient (Wildman–Crippen LogP) is 9.34. The molecular formula is C26H56S14. The van der Waals surface area contributed by atoms with Crippen LogP contribution in [0.5, 0.6) is 0 Å². The second-order valence-corrected chi connectivity index (χ2v) is 19.7. The molecule has 0 aliphatic carbocycles. The maximum absolute atomic E-state index is 4.39. The highest BCUT2D eigenvalue weighted by Crippen LogP contribution is 2.26. The van der Waals surface area contributed by atoms with Crippen molar-refractivity contribution in [3.05, 3.63) is 0 Å². The number of hydrogen-bond acceptors (Lipinski definition) is 14. The molecule has 0 heterocycles. The van der Waals surface area contributed by atoms with E-state index < -0.39 is 0 Å². The van der Waals surface area contributed by atoms with E-state index in [-0.39, 0.29) is 0 Å². The summed E-state index contributed by atoms with van der Waals surface area (Å²) in [6.07, 6.45) is 4.88. The molecule has 0 spiro atoms. The first-order chi connectivity index (χ1) is 19.6. The van der Waals surface area contributed by atoms with Crippen molar-refractivity contribution in [3.8, 4) is 0 Å². The van der Waals surface area contributed by atoms with E-state index in [0.29, 0.717) is 0 Å². The molecule has 0 radical (unpaired) electrons. The first kappa shape index (κ1) is 47.0. The normalized spacial score (nSPS) is 14.4. The summed E-state index contributed by atoms with van der Waals surface area (Å²) < 4.78 is 0. The van der Waals surface area contributed by atoms with E-state index >= 15 is 0 Å². The van der Waals surface area contributed by atoms with Crippen LogP contribution in [0.25, 0.3) is 0 Å². The minimum atomic E-state index is 0.742. The van der Waals surface area contributed by atoms with Gasteiger partial charge in [-0.15, -0.1) is 0 Å². The van der Waals surface area contributed by atoms with Gasteiger partial charge in [-0.25, -0.2) is 0 Å². The summed E-state index contributed by atoms with van der Waals surface area (Å²) in [5, 5.41) is 1.48. The Bertz CT molecular complexity index is 423. The number of thiol groups is 8. The minimum absolute atomic E-state index is 0.742. The van der Waals surface area contributed by atoms with Gasteiger partial charge in [0.25, 0.3) is 0 Å². The Balaban J connectivity index is 0. The largest absolute Gasteiger partial charge is 0.179 e. The summed E-state index contributed by atoms with van der Waals surface area (Å²) in [5.74, 6) is 21.7. The third-order valence-corrected chi connectivity index (χ3v) is 16.6. The van der Waals surface area contributed by atoms with Crippen molar-refractivity contribution in [3.63, 3.8) is 0 Å². The van der Waals surface area contributed by atoms with Crippen LogP contribution in [0.3, 0.4) is 0 Å². The lowest BCUT2D eigenvalue weighted by molar-refractivity contribution is 0.655. The lowest BCUT2D eigenvalue weighted by atomic mass is 10.1. The van der Waals surface area contributed by atoms with Gasteiger partial charge in [-0.2, -0.15) is 172 Å². The Hall–Kier alpha value is 4.90. The molecule has 40 heavy (non-hydrogen) atoms. The van der Waals surface area contributed by atoms with Crippen molar-refractivity contribution in [1.82, 2.24) is 0 Å². The Morgan fingerprint density at radius 2 is 0.650 bits per heavy atom. The van der Waals surface area contributed by atoms with Crippen LogP contribution in [-0.4, -0.2) is 114 Å².